The van der Waals surface area contributed by atoms with Crippen molar-refractivity contribution in [2.45, 2.75) is 30.2 Å². The summed E-state index contributed by atoms with van der Waals surface area (Å²) in [7, 11) is -3.53. The fourth-order valence-corrected chi connectivity index (χ4v) is 3.32. The Labute approximate surface area is 122 Å². The van der Waals surface area contributed by atoms with E-state index < -0.39 is 10.0 Å². The number of nitrogens with one attached hydrogen (secondary N) is 2. The quantitative estimate of drug-likeness (QED) is 0.737. The molecule has 0 spiro atoms. The fourth-order valence-electron chi connectivity index (χ4n) is 1.71. The molecule has 1 fully saturated rings. The predicted octanol–water partition coefficient (Wildman–Crippen LogP) is 1.83. The van der Waals surface area contributed by atoms with Crippen molar-refractivity contribution in [3.8, 4) is 0 Å². The molecule has 1 aliphatic rings. The van der Waals surface area contributed by atoms with Crippen LogP contribution in [0.4, 0.5) is 5.69 Å². The van der Waals surface area contributed by atoms with Gasteiger partial charge in [-0.2, -0.15) is 0 Å². The lowest BCUT2D eigenvalue weighted by Crippen LogP contribution is -2.39. The standard InChI is InChI=1S/C11H14ClN3O2S2/c12-9-5-4-8(6-10(9)14-11(13)18)19(16,17)15-7-2-1-3-7/h4-7,15H,1-3H2,(H3,13,14,18). The van der Waals surface area contributed by atoms with Gasteiger partial charge in [-0.3, -0.25) is 0 Å². The average molecular weight is 320 g/mol. The molecule has 0 bridgehead atoms. The van der Waals surface area contributed by atoms with Gasteiger partial charge in [0.05, 0.1) is 15.6 Å². The lowest BCUT2D eigenvalue weighted by molar-refractivity contribution is 0.383. The van der Waals surface area contributed by atoms with E-state index in [9.17, 15) is 8.42 Å². The fraction of sp³-hybridized carbons (Fsp3) is 0.364. The van der Waals surface area contributed by atoms with Crippen molar-refractivity contribution < 1.29 is 8.42 Å². The molecule has 0 amide bonds. The molecular weight excluding hydrogens is 306 g/mol. The maximum absolute atomic E-state index is 12.1. The van der Waals surface area contributed by atoms with E-state index in [1.165, 1.54) is 18.2 Å². The number of hydrogen-bond acceptors (Lipinski definition) is 3. The minimum atomic E-state index is -3.53. The molecule has 1 saturated carbocycles. The Morgan fingerprint density at radius 3 is 2.63 bits per heavy atom. The Bertz CT molecular complexity index is 600. The van der Waals surface area contributed by atoms with E-state index in [0.717, 1.165) is 19.3 Å². The van der Waals surface area contributed by atoms with Gasteiger partial charge in [0.15, 0.2) is 5.11 Å². The summed E-state index contributed by atoms with van der Waals surface area (Å²) >= 11 is 10.7. The number of benzene rings is 1. The number of anilines is 1. The topological polar surface area (TPSA) is 84.2 Å². The van der Waals surface area contributed by atoms with E-state index in [1.54, 1.807) is 0 Å². The van der Waals surface area contributed by atoms with Crippen molar-refractivity contribution in [3.63, 3.8) is 0 Å². The number of sulfonamides is 1. The third kappa shape index (κ3) is 3.56. The molecule has 0 atom stereocenters. The van der Waals surface area contributed by atoms with Gasteiger partial charge in [-0.25, -0.2) is 13.1 Å². The van der Waals surface area contributed by atoms with E-state index in [0.29, 0.717) is 10.7 Å². The highest BCUT2D eigenvalue weighted by Crippen LogP contribution is 2.26. The predicted molar refractivity (Wildman–Crippen MR) is 79.8 cm³/mol. The molecule has 0 heterocycles. The SMILES string of the molecule is NC(=S)Nc1cc(S(=O)(=O)NC2CCC2)ccc1Cl. The number of rotatable bonds is 4. The second-order valence-electron chi connectivity index (χ2n) is 4.38. The molecule has 1 aromatic rings. The maximum atomic E-state index is 12.1. The Balaban J connectivity index is 2.26. The summed E-state index contributed by atoms with van der Waals surface area (Å²) in [5.74, 6) is 0. The number of hydrogen-bond donors (Lipinski definition) is 3. The van der Waals surface area contributed by atoms with Crippen LogP contribution >= 0.6 is 23.8 Å². The molecule has 5 nitrogen and oxygen atoms in total. The number of thiocarbonyl (C=S) groups is 1. The highest BCUT2D eigenvalue weighted by Gasteiger charge is 2.25. The Morgan fingerprint density at radius 1 is 1.42 bits per heavy atom. The van der Waals surface area contributed by atoms with Crippen LogP contribution in [0.1, 0.15) is 19.3 Å². The van der Waals surface area contributed by atoms with E-state index in [2.05, 4.69) is 10.0 Å². The van der Waals surface area contributed by atoms with Gasteiger partial charge < -0.3 is 11.1 Å². The first-order valence-corrected chi connectivity index (χ1v) is 8.04. The van der Waals surface area contributed by atoms with Gasteiger partial charge in [0.1, 0.15) is 0 Å². The van der Waals surface area contributed by atoms with E-state index in [4.69, 9.17) is 29.6 Å². The first-order valence-electron chi connectivity index (χ1n) is 5.77. The zero-order valence-corrected chi connectivity index (χ0v) is 12.4. The summed E-state index contributed by atoms with van der Waals surface area (Å²) in [4.78, 5) is 0.141. The lowest BCUT2D eigenvalue weighted by Gasteiger charge is -2.26. The first kappa shape index (κ1) is 14.5. The third-order valence-corrected chi connectivity index (χ3v) is 4.88. The summed E-state index contributed by atoms with van der Waals surface area (Å²) in [5.41, 5.74) is 5.74. The van der Waals surface area contributed by atoms with Crippen LogP contribution in [-0.2, 0) is 10.0 Å². The normalized spacial score (nSPS) is 15.8. The van der Waals surface area contributed by atoms with Gasteiger partial charge in [-0.05, 0) is 43.3 Å². The van der Waals surface area contributed by atoms with Gasteiger partial charge in [0, 0.05) is 6.04 Å². The van der Waals surface area contributed by atoms with Crippen LogP contribution in [0, 0.1) is 0 Å². The van der Waals surface area contributed by atoms with Crippen LogP contribution in [0.2, 0.25) is 5.02 Å². The molecule has 104 valence electrons. The molecular formula is C11H14ClN3O2S2. The molecule has 1 aromatic carbocycles. The van der Waals surface area contributed by atoms with Crippen molar-refractivity contribution in [2.75, 3.05) is 5.32 Å². The molecule has 2 rings (SSSR count). The van der Waals surface area contributed by atoms with E-state index in [-0.39, 0.29) is 16.0 Å². The minimum Gasteiger partial charge on any atom is -0.376 e. The second-order valence-corrected chi connectivity index (χ2v) is 6.94. The highest BCUT2D eigenvalue weighted by atomic mass is 35.5. The average Bonchev–Trinajstić information content (AvgIpc) is 2.26. The largest absolute Gasteiger partial charge is 0.376 e. The van der Waals surface area contributed by atoms with Crippen LogP contribution in [0.5, 0.6) is 0 Å². The van der Waals surface area contributed by atoms with E-state index >= 15 is 0 Å². The molecule has 8 heteroatoms. The second kappa shape index (κ2) is 5.62. The Morgan fingerprint density at radius 2 is 2.11 bits per heavy atom. The summed E-state index contributed by atoms with van der Waals surface area (Å²) in [6, 6.07) is 4.40. The molecule has 0 aliphatic heterocycles. The van der Waals surface area contributed by atoms with Crippen LogP contribution in [0.25, 0.3) is 0 Å². The van der Waals surface area contributed by atoms with Gasteiger partial charge in [0.2, 0.25) is 10.0 Å². The summed E-state index contributed by atoms with van der Waals surface area (Å²) in [5, 5.41) is 3.04. The monoisotopic (exact) mass is 319 g/mol. The number of nitrogens with two attached hydrogens (primary N) is 1. The van der Waals surface area contributed by atoms with Crippen molar-refractivity contribution >= 4 is 44.6 Å². The third-order valence-electron chi connectivity index (χ3n) is 2.93. The van der Waals surface area contributed by atoms with Gasteiger partial charge in [0.25, 0.3) is 0 Å². The molecule has 0 radical (unpaired) electrons. The number of halogens is 1. The van der Waals surface area contributed by atoms with Crippen LogP contribution < -0.4 is 15.8 Å². The lowest BCUT2D eigenvalue weighted by atomic mass is 9.94. The zero-order valence-electron chi connectivity index (χ0n) is 10.0. The summed E-state index contributed by atoms with van der Waals surface area (Å²) in [6.45, 7) is 0. The minimum absolute atomic E-state index is 0.0309. The first-order chi connectivity index (χ1) is 8.88. The van der Waals surface area contributed by atoms with Crippen LogP contribution in [-0.4, -0.2) is 19.6 Å². The molecule has 1 aliphatic carbocycles. The van der Waals surface area contributed by atoms with Crippen LogP contribution in [0.15, 0.2) is 23.1 Å². The molecule has 4 N–H and O–H groups in total. The van der Waals surface area contributed by atoms with Gasteiger partial charge in [-0.15, -0.1) is 0 Å². The smallest absolute Gasteiger partial charge is 0.240 e. The molecule has 19 heavy (non-hydrogen) atoms. The van der Waals surface area contributed by atoms with Crippen LogP contribution in [0.3, 0.4) is 0 Å². The van der Waals surface area contributed by atoms with E-state index in [1.807, 2.05) is 0 Å². The van der Waals surface area contributed by atoms with Crippen molar-refractivity contribution in [3.05, 3.63) is 23.2 Å². The molecule has 0 saturated heterocycles. The Kier molecular flexibility index (Phi) is 4.29. The molecule has 0 aromatic heterocycles. The van der Waals surface area contributed by atoms with Crippen molar-refractivity contribution in [1.29, 1.82) is 0 Å². The summed E-state index contributed by atoms with van der Waals surface area (Å²) in [6.07, 6.45) is 2.82. The van der Waals surface area contributed by atoms with Crippen molar-refractivity contribution in [1.82, 2.24) is 4.72 Å². The molecule has 0 unspecified atom stereocenters. The summed E-state index contributed by atoms with van der Waals surface area (Å²) < 4.78 is 26.9. The van der Waals surface area contributed by atoms with Gasteiger partial charge in [-0.1, -0.05) is 18.0 Å². The highest BCUT2D eigenvalue weighted by molar-refractivity contribution is 7.89. The Hall–Kier alpha value is -0.890. The zero-order chi connectivity index (χ0) is 14.0. The van der Waals surface area contributed by atoms with Gasteiger partial charge >= 0.3 is 0 Å². The van der Waals surface area contributed by atoms with Crippen molar-refractivity contribution in [2.24, 2.45) is 5.73 Å². The maximum Gasteiger partial charge on any atom is 0.240 e.